The van der Waals surface area contributed by atoms with Crippen LogP contribution in [-0.2, 0) is 9.47 Å². The molecular weight excluding hydrogens is 473 g/mol. The van der Waals surface area contributed by atoms with E-state index in [2.05, 4.69) is 5.32 Å². The lowest BCUT2D eigenvalue weighted by Crippen LogP contribution is -2.45. The van der Waals surface area contributed by atoms with Gasteiger partial charge in [-0.15, -0.1) is 0 Å². The van der Waals surface area contributed by atoms with Crippen LogP contribution in [0, 0.1) is 5.82 Å². The van der Waals surface area contributed by atoms with Crippen molar-refractivity contribution in [2.24, 2.45) is 0 Å². The second-order valence-corrected chi connectivity index (χ2v) is 10.5. The van der Waals surface area contributed by atoms with E-state index < -0.39 is 40.5 Å². The number of fused-ring (bicyclic) bond motifs is 2. The highest BCUT2D eigenvalue weighted by Gasteiger charge is 2.48. The molecule has 1 amide bonds. The molecule has 2 N–H and O–H groups in total. The summed E-state index contributed by atoms with van der Waals surface area (Å²) in [4.78, 5) is 39.0. The van der Waals surface area contributed by atoms with Crippen molar-refractivity contribution in [2.45, 2.75) is 69.9 Å². The number of alkyl carbamates (subject to hydrolysis) is 1. The molecule has 0 unspecified atom stereocenters. The number of anilines is 1. The van der Waals surface area contributed by atoms with Gasteiger partial charge in [0.1, 0.15) is 16.9 Å². The Morgan fingerprint density at radius 2 is 1.97 bits per heavy atom. The number of nitrogens with one attached hydrogen (secondary N) is 1. The molecule has 3 aliphatic rings. The Labute approximate surface area is 206 Å². The molecule has 1 aliphatic carbocycles. The van der Waals surface area contributed by atoms with Crippen LogP contribution in [0.4, 0.5) is 14.9 Å². The minimum Gasteiger partial charge on any atom is -0.492 e. The summed E-state index contributed by atoms with van der Waals surface area (Å²) in [5.74, 6) is -1.90. The topological polar surface area (TPSA) is 119 Å². The highest BCUT2D eigenvalue weighted by Crippen LogP contribution is 2.46. The maximum Gasteiger partial charge on any atom is 0.408 e. The maximum absolute atomic E-state index is 15.8. The summed E-state index contributed by atoms with van der Waals surface area (Å²) < 4.78 is 34.5. The van der Waals surface area contributed by atoms with Crippen molar-refractivity contribution in [3.63, 3.8) is 0 Å². The van der Waals surface area contributed by atoms with Crippen molar-refractivity contribution in [3.05, 3.63) is 33.9 Å². The fourth-order valence-corrected chi connectivity index (χ4v) is 5.31. The zero-order valence-electron chi connectivity index (χ0n) is 20.7. The first-order valence-electron chi connectivity index (χ1n) is 12.1. The number of carbonyl (C=O) groups excluding carboxylic acids is 1. The summed E-state index contributed by atoms with van der Waals surface area (Å²) in [6, 6.07) is 0.416. The molecule has 1 saturated carbocycles. The second kappa shape index (κ2) is 8.65. The van der Waals surface area contributed by atoms with Crippen LogP contribution in [0.15, 0.2) is 17.1 Å². The number of carbonyl (C=O) groups is 2. The molecule has 11 heteroatoms. The molecule has 0 radical (unpaired) electrons. The second-order valence-electron chi connectivity index (χ2n) is 10.5. The van der Waals surface area contributed by atoms with E-state index in [1.165, 1.54) is 13.3 Å². The van der Waals surface area contributed by atoms with Crippen molar-refractivity contribution in [2.75, 3.05) is 25.2 Å². The third kappa shape index (κ3) is 4.15. The summed E-state index contributed by atoms with van der Waals surface area (Å²) in [7, 11) is 1.40. The van der Waals surface area contributed by atoms with Gasteiger partial charge in [-0.05, 0) is 46.1 Å². The molecule has 3 atom stereocenters. The van der Waals surface area contributed by atoms with Crippen LogP contribution in [0.2, 0.25) is 0 Å². The van der Waals surface area contributed by atoms with Crippen LogP contribution < -0.4 is 20.4 Å². The monoisotopic (exact) mass is 503 g/mol. The van der Waals surface area contributed by atoms with Crippen molar-refractivity contribution < 1.29 is 33.3 Å². The van der Waals surface area contributed by atoms with E-state index in [1.54, 1.807) is 25.3 Å². The number of carboxylic acid groups (broad SMARTS) is 1. The summed E-state index contributed by atoms with van der Waals surface area (Å²) in [6.45, 7) is 6.01. The lowest BCUT2D eigenvalue weighted by Gasteiger charge is -2.28. The lowest BCUT2D eigenvalue weighted by molar-refractivity contribution is 0.0409. The first-order valence-corrected chi connectivity index (χ1v) is 12.1. The number of pyridine rings is 1. The van der Waals surface area contributed by atoms with Crippen LogP contribution in [0.1, 0.15) is 56.4 Å². The maximum atomic E-state index is 15.8. The smallest absolute Gasteiger partial charge is 0.408 e. The van der Waals surface area contributed by atoms with Crippen molar-refractivity contribution in [1.29, 1.82) is 0 Å². The average Bonchev–Trinajstić information content (AvgIpc) is 3.41. The van der Waals surface area contributed by atoms with Gasteiger partial charge in [-0.25, -0.2) is 14.0 Å². The molecule has 194 valence electrons. The van der Waals surface area contributed by atoms with E-state index in [9.17, 15) is 19.5 Å². The molecule has 10 nitrogen and oxygen atoms in total. The quantitative estimate of drug-likeness (QED) is 0.639. The van der Waals surface area contributed by atoms with Gasteiger partial charge in [0, 0.05) is 25.4 Å². The number of benzene rings is 1. The molecule has 36 heavy (non-hydrogen) atoms. The van der Waals surface area contributed by atoms with Gasteiger partial charge in [0.2, 0.25) is 5.43 Å². The number of rotatable bonds is 5. The molecule has 0 spiro atoms. The number of hydrogen-bond donors (Lipinski definition) is 2. The number of halogens is 1. The van der Waals surface area contributed by atoms with E-state index in [-0.39, 0.29) is 41.6 Å². The summed E-state index contributed by atoms with van der Waals surface area (Å²) in [5, 5.41) is 12.4. The normalized spacial score (nSPS) is 23.6. The zero-order valence-corrected chi connectivity index (χ0v) is 20.7. The first kappa shape index (κ1) is 24.4. The predicted molar refractivity (Wildman–Crippen MR) is 129 cm³/mol. The number of methoxy groups -OCH3 is 1. The molecule has 1 aromatic carbocycles. The average molecular weight is 504 g/mol. The Kier molecular flexibility index (Phi) is 5.85. The Morgan fingerprint density at radius 1 is 1.25 bits per heavy atom. The van der Waals surface area contributed by atoms with Gasteiger partial charge in [-0.3, -0.25) is 4.79 Å². The molecule has 0 bridgehead atoms. The fourth-order valence-electron chi connectivity index (χ4n) is 5.31. The van der Waals surface area contributed by atoms with Gasteiger partial charge in [-0.1, -0.05) is 0 Å². The fraction of sp³-hybridized carbons (Fsp3) is 0.560. The minimum absolute atomic E-state index is 0.00105. The molecule has 1 aromatic heterocycles. The highest BCUT2D eigenvalue weighted by atomic mass is 19.1. The molecule has 2 saturated heterocycles. The standard InChI is InChI=1S/C25H30FN3O7/c1-25(2,3)36-24(33)27-16-11-29(17-7-8-35-21(16)17)19-15(26)9-13-18(22(19)34-4)28(12-5-6-12)10-14(20(13)30)23(31)32/h9-10,12,16-17,21H,5-8,11H2,1-4H3,(H,27,33)(H,31,32)/t16-,17+,21+/m0/s1. The SMILES string of the molecule is COc1c(N2C[C@H](NC(=O)OC(C)(C)C)[C@H]3OCC[C@H]32)c(F)cc2c(=O)c(C(=O)O)cn(C3CC3)c12. The summed E-state index contributed by atoms with van der Waals surface area (Å²) in [6.07, 6.45) is 2.61. The number of aromatic carboxylic acids is 1. The number of amides is 1. The summed E-state index contributed by atoms with van der Waals surface area (Å²) in [5.41, 5.74) is -1.31. The number of aromatic nitrogens is 1. The molecule has 5 rings (SSSR count). The number of hydrogen-bond acceptors (Lipinski definition) is 7. The Morgan fingerprint density at radius 3 is 2.58 bits per heavy atom. The van der Waals surface area contributed by atoms with Gasteiger partial charge in [0.25, 0.3) is 0 Å². The van der Waals surface area contributed by atoms with Crippen LogP contribution in [0.3, 0.4) is 0 Å². The largest absolute Gasteiger partial charge is 0.492 e. The first-order chi connectivity index (χ1) is 17.0. The van der Waals surface area contributed by atoms with Gasteiger partial charge >= 0.3 is 12.1 Å². The Bertz CT molecular complexity index is 1300. The number of nitrogens with zero attached hydrogens (tertiary/aromatic N) is 2. The van der Waals surface area contributed by atoms with E-state index in [4.69, 9.17) is 14.2 Å². The van der Waals surface area contributed by atoms with Crippen LogP contribution >= 0.6 is 0 Å². The van der Waals surface area contributed by atoms with Crippen molar-refractivity contribution in [1.82, 2.24) is 9.88 Å². The number of ether oxygens (including phenoxy) is 3. The van der Waals surface area contributed by atoms with E-state index in [0.717, 1.165) is 18.9 Å². The van der Waals surface area contributed by atoms with E-state index in [0.29, 0.717) is 18.5 Å². The van der Waals surface area contributed by atoms with Crippen LogP contribution in [-0.4, -0.2) is 65.8 Å². The lowest BCUT2D eigenvalue weighted by atomic mass is 10.1. The molecular formula is C25H30FN3O7. The molecule has 3 heterocycles. The number of carboxylic acids is 1. The van der Waals surface area contributed by atoms with Gasteiger partial charge < -0.3 is 34.1 Å². The third-order valence-corrected chi connectivity index (χ3v) is 6.86. The predicted octanol–water partition coefficient (Wildman–Crippen LogP) is 3.05. The Hall–Kier alpha value is -3.34. The molecule has 3 fully saturated rings. The van der Waals surface area contributed by atoms with Crippen LogP contribution in [0.5, 0.6) is 5.75 Å². The highest BCUT2D eigenvalue weighted by molar-refractivity contribution is 5.97. The summed E-state index contributed by atoms with van der Waals surface area (Å²) >= 11 is 0. The van der Waals surface area contributed by atoms with Crippen molar-refractivity contribution >= 4 is 28.7 Å². The van der Waals surface area contributed by atoms with Crippen molar-refractivity contribution in [3.8, 4) is 5.75 Å². The third-order valence-electron chi connectivity index (χ3n) is 6.86. The van der Waals surface area contributed by atoms with Gasteiger partial charge in [0.05, 0.1) is 36.2 Å². The zero-order chi connectivity index (χ0) is 25.9. The Balaban J connectivity index is 1.61. The minimum atomic E-state index is -1.36. The molecule has 2 aliphatic heterocycles. The van der Waals surface area contributed by atoms with Crippen LogP contribution in [0.25, 0.3) is 10.9 Å². The van der Waals surface area contributed by atoms with Gasteiger partial charge in [0.15, 0.2) is 11.6 Å². The van der Waals surface area contributed by atoms with Gasteiger partial charge in [-0.2, -0.15) is 0 Å². The van der Waals surface area contributed by atoms with E-state index >= 15 is 4.39 Å². The molecule has 2 aromatic rings. The van der Waals surface area contributed by atoms with E-state index in [1.807, 2.05) is 4.90 Å².